The Bertz CT molecular complexity index is 2760. The van der Waals surface area contributed by atoms with Crippen LogP contribution in [0.1, 0.15) is 50.2 Å². The molecule has 55 heavy (non-hydrogen) atoms. The fourth-order valence-corrected chi connectivity index (χ4v) is 12.7. The molecule has 5 aliphatic rings. The van der Waals surface area contributed by atoms with E-state index in [1.54, 1.807) is 11.1 Å². The van der Waals surface area contributed by atoms with Gasteiger partial charge in [-0.2, -0.15) is 0 Å². The van der Waals surface area contributed by atoms with Crippen LogP contribution in [0.5, 0.6) is 5.75 Å². The molecular formula is C54H44O. The summed E-state index contributed by atoms with van der Waals surface area (Å²) in [5.74, 6) is 4.23. The van der Waals surface area contributed by atoms with Crippen LogP contribution >= 0.6 is 0 Å². The average Bonchev–Trinajstić information content (AvgIpc) is 3.51. The maximum absolute atomic E-state index is 6.13. The van der Waals surface area contributed by atoms with Crippen molar-refractivity contribution in [2.24, 2.45) is 23.7 Å². The molecule has 0 unspecified atom stereocenters. The SMILES string of the molecule is CCOc1ccc2c(c1)-c1ccc(-c3c4ccccc4c(-c4ccc(-c5ccccc5)c5ccccc45)c4ccccc34)cc1C21C2CC3CC(C2)CC1C3. The standard InChI is InChI=1S/C54H44O/c1-2-55-39-21-25-50-49(32-39)43-22-20-36(31-51(43)54(50)37-27-33-26-34(29-37)30-38(54)28-33)52-44-16-8-10-18-46(44)53(47-19-11-9-17-45(47)52)48-24-23-40(35-12-4-3-5-13-35)41-14-6-7-15-42(41)48/h3-25,31-34,37-38H,2,26-30H2,1H3. The molecule has 0 amide bonds. The van der Waals surface area contributed by atoms with Crippen LogP contribution < -0.4 is 4.74 Å². The van der Waals surface area contributed by atoms with Gasteiger partial charge in [0.25, 0.3) is 0 Å². The topological polar surface area (TPSA) is 9.23 Å². The fourth-order valence-electron chi connectivity index (χ4n) is 12.7. The van der Waals surface area contributed by atoms with Gasteiger partial charge >= 0.3 is 0 Å². The molecule has 0 saturated heterocycles. The molecular weight excluding hydrogens is 665 g/mol. The Labute approximate surface area is 323 Å². The van der Waals surface area contributed by atoms with E-state index in [0.717, 1.165) is 17.6 Å². The third-order valence-electron chi connectivity index (χ3n) is 14.4. The predicted octanol–water partition coefficient (Wildman–Crippen LogP) is 14.3. The number of hydrogen-bond acceptors (Lipinski definition) is 1. The van der Waals surface area contributed by atoms with Crippen molar-refractivity contribution in [3.05, 3.63) is 163 Å². The summed E-state index contributed by atoms with van der Waals surface area (Å²) in [5.41, 5.74) is 13.9. The molecule has 1 spiro atoms. The quantitative estimate of drug-likeness (QED) is 0.162. The summed E-state index contributed by atoms with van der Waals surface area (Å²) in [5, 5.41) is 7.83. The molecule has 4 saturated carbocycles. The Morgan fingerprint density at radius 1 is 0.436 bits per heavy atom. The lowest BCUT2D eigenvalue weighted by Crippen LogP contribution is -2.55. The van der Waals surface area contributed by atoms with Gasteiger partial charge in [0.05, 0.1) is 6.61 Å². The number of ether oxygens (including phenoxy) is 1. The summed E-state index contributed by atoms with van der Waals surface area (Å²) in [7, 11) is 0. The van der Waals surface area contributed by atoms with Gasteiger partial charge in [0, 0.05) is 5.41 Å². The summed E-state index contributed by atoms with van der Waals surface area (Å²) in [6.07, 6.45) is 6.96. The van der Waals surface area contributed by atoms with Crippen molar-refractivity contribution < 1.29 is 4.74 Å². The highest BCUT2D eigenvalue weighted by molar-refractivity contribution is 6.24. The van der Waals surface area contributed by atoms with E-state index >= 15 is 0 Å². The van der Waals surface area contributed by atoms with Gasteiger partial charge in [-0.3, -0.25) is 0 Å². The number of hydrogen-bond donors (Lipinski definition) is 0. The molecule has 8 aromatic rings. The van der Waals surface area contributed by atoms with Crippen LogP contribution in [0.15, 0.2) is 152 Å². The van der Waals surface area contributed by atoms with Crippen LogP contribution in [-0.4, -0.2) is 6.61 Å². The summed E-state index contributed by atoms with van der Waals surface area (Å²) in [6.45, 7) is 2.78. The van der Waals surface area contributed by atoms with Crippen molar-refractivity contribution in [1.82, 2.24) is 0 Å². The minimum atomic E-state index is 0.0871. The Morgan fingerprint density at radius 2 is 0.982 bits per heavy atom. The zero-order chi connectivity index (χ0) is 36.3. The van der Waals surface area contributed by atoms with E-state index in [1.165, 1.54) is 109 Å². The van der Waals surface area contributed by atoms with E-state index in [2.05, 4.69) is 159 Å². The van der Waals surface area contributed by atoms with Crippen molar-refractivity contribution in [3.8, 4) is 50.3 Å². The van der Waals surface area contributed by atoms with Gasteiger partial charge in [0.1, 0.15) is 5.75 Å². The predicted molar refractivity (Wildman–Crippen MR) is 230 cm³/mol. The van der Waals surface area contributed by atoms with Crippen LogP contribution in [0, 0.1) is 23.7 Å². The average molecular weight is 709 g/mol. The second-order valence-corrected chi connectivity index (χ2v) is 17.0. The third-order valence-corrected chi connectivity index (χ3v) is 14.4. The molecule has 13 rings (SSSR count). The van der Waals surface area contributed by atoms with Gasteiger partial charge in [-0.05, 0) is 169 Å². The molecule has 4 bridgehead atoms. The molecule has 0 radical (unpaired) electrons. The highest BCUT2D eigenvalue weighted by atomic mass is 16.5. The third kappa shape index (κ3) is 4.41. The molecule has 8 aromatic carbocycles. The van der Waals surface area contributed by atoms with Gasteiger partial charge in [0.15, 0.2) is 0 Å². The van der Waals surface area contributed by atoms with E-state index in [-0.39, 0.29) is 5.41 Å². The zero-order valence-electron chi connectivity index (χ0n) is 31.4. The van der Waals surface area contributed by atoms with E-state index < -0.39 is 0 Å². The van der Waals surface area contributed by atoms with Crippen molar-refractivity contribution in [2.45, 2.75) is 44.4 Å². The van der Waals surface area contributed by atoms with Gasteiger partial charge in [-0.25, -0.2) is 0 Å². The van der Waals surface area contributed by atoms with Crippen molar-refractivity contribution in [3.63, 3.8) is 0 Å². The van der Waals surface area contributed by atoms with Crippen molar-refractivity contribution >= 4 is 32.3 Å². The summed E-state index contributed by atoms with van der Waals surface area (Å²) >= 11 is 0. The molecule has 1 nitrogen and oxygen atoms in total. The van der Waals surface area contributed by atoms with E-state index in [0.29, 0.717) is 18.4 Å². The lowest BCUT2D eigenvalue weighted by molar-refractivity contribution is -0.0399. The largest absolute Gasteiger partial charge is 0.494 e. The highest BCUT2D eigenvalue weighted by Crippen LogP contribution is 2.70. The molecule has 266 valence electrons. The second kappa shape index (κ2) is 11.9. The Morgan fingerprint density at radius 3 is 1.62 bits per heavy atom. The first-order valence-electron chi connectivity index (χ1n) is 20.6. The van der Waals surface area contributed by atoms with Gasteiger partial charge in [0.2, 0.25) is 0 Å². The lowest BCUT2D eigenvalue weighted by atomic mass is 9.43. The van der Waals surface area contributed by atoms with Crippen LogP contribution in [0.2, 0.25) is 0 Å². The summed E-state index contributed by atoms with van der Waals surface area (Å²) in [4.78, 5) is 0. The van der Waals surface area contributed by atoms with Gasteiger partial charge < -0.3 is 4.74 Å². The summed E-state index contributed by atoms with van der Waals surface area (Å²) in [6, 6.07) is 57.6. The maximum Gasteiger partial charge on any atom is 0.119 e. The molecule has 0 atom stereocenters. The fraction of sp³-hybridized carbons (Fsp3) is 0.222. The monoisotopic (exact) mass is 708 g/mol. The smallest absolute Gasteiger partial charge is 0.119 e. The molecule has 0 N–H and O–H groups in total. The molecule has 0 heterocycles. The Kier molecular flexibility index (Phi) is 6.86. The first-order chi connectivity index (χ1) is 27.2. The first-order valence-corrected chi connectivity index (χ1v) is 20.6. The minimum absolute atomic E-state index is 0.0871. The molecule has 0 aromatic heterocycles. The van der Waals surface area contributed by atoms with Crippen LogP contribution in [0.4, 0.5) is 0 Å². The van der Waals surface area contributed by atoms with Gasteiger partial charge in [-0.1, -0.05) is 133 Å². The van der Waals surface area contributed by atoms with E-state index in [4.69, 9.17) is 4.74 Å². The summed E-state index contributed by atoms with van der Waals surface area (Å²) < 4.78 is 6.13. The van der Waals surface area contributed by atoms with Crippen LogP contribution in [-0.2, 0) is 5.41 Å². The molecule has 4 fully saturated rings. The molecule has 5 aliphatic carbocycles. The number of fused-ring (bicyclic) bond motifs is 6. The molecule has 1 heteroatoms. The van der Waals surface area contributed by atoms with E-state index in [9.17, 15) is 0 Å². The second-order valence-electron chi connectivity index (χ2n) is 17.0. The maximum atomic E-state index is 6.13. The first kappa shape index (κ1) is 31.7. The Balaban J connectivity index is 1.11. The zero-order valence-corrected chi connectivity index (χ0v) is 31.4. The van der Waals surface area contributed by atoms with Gasteiger partial charge in [-0.15, -0.1) is 0 Å². The lowest BCUT2D eigenvalue weighted by Gasteiger charge is -2.61. The Hall–Kier alpha value is -5.66. The molecule has 0 aliphatic heterocycles. The van der Waals surface area contributed by atoms with E-state index in [1.807, 2.05) is 0 Å². The van der Waals surface area contributed by atoms with Crippen LogP contribution in [0.3, 0.4) is 0 Å². The van der Waals surface area contributed by atoms with Crippen molar-refractivity contribution in [1.29, 1.82) is 0 Å². The number of rotatable bonds is 5. The minimum Gasteiger partial charge on any atom is -0.494 e. The van der Waals surface area contributed by atoms with Crippen LogP contribution in [0.25, 0.3) is 76.8 Å². The normalized spacial score (nSPS) is 23.1. The number of benzene rings is 8. The van der Waals surface area contributed by atoms with Crippen molar-refractivity contribution in [2.75, 3.05) is 6.61 Å². The highest BCUT2D eigenvalue weighted by Gasteiger charge is 2.61.